The lowest BCUT2D eigenvalue weighted by Crippen LogP contribution is -2.07. The first-order valence-corrected chi connectivity index (χ1v) is 6.44. The van der Waals surface area contributed by atoms with Crippen molar-refractivity contribution in [1.82, 2.24) is 9.97 Å². The number of carboxylic acids is 1. The molecule has 1 aromatic carbocycles. The van der Waals surface area contributed by atoms with Crippen LogP contribution in [-0.4, -0.2) is 21.0 Å². The molecule has 0 aliphatic rings. The molecular formula is C15H17N3O2. The maximum absolute atomic E-state index is 11.1. The first-order chi connectivity index (χ1) is 9.47. The summed E-state index contributed by atoms with van der Waals surface area (Å²) in [6.07, 6.45) is 0.586. The van der Waals surface area contributed by atoms with Gasteiger partial charge in [0.2, 0.25) is 0 Å². The highest BCUT2D eigenvalue weighted by atomic mass is 16.4. The standard InChI is InChI=1S/C15H17N3O2/c1-4-13-17-12(15(19)20)8-14(18-13)16-11-6-9(2)5-10(3)7-11/h5-8H,4H2,1-3H3,(H,19,20)(H,16,17,18). The van der Waals surface area contributed by atoms with E-state index in [-0.39, 0.29) is 5.69 Å². The summed E-state index contributed by atoms with van der Waals surface area (Å²) in [6.45, 7) is 5.91. The van der Waals surface area contributed by atoms with Gasteiger partial charge in [0.15, 0.2) is 5.69 Å². The third kappa shape index (κ3) is 3.32. The van der Waals surface area contributed by atoms with Gasteiger partial charge in [-0.3, -0.25) is 0 Å². The van der Waals surface area contributed by atoms with Crippen molar-refractivity contribution in [3.8, 4) is 0 Å². The summed E-state index contributed by atoms with van der Waals surface area (Å²) in [4.78, 5) is 19.3. The molecule has 0 amide bonds. The van der Waals surface area contributed by atoms with E-state index in [0.717, 1.165) is 16.8 Å². The first-order valence-electron chi connectivity index (χ1n) is 6.44. The smallest absolute Gasteiger partial charge is 0.354 e. The number of carboxylic acid groups (broad SMARTS) is 1. The van der Waals surface area contributed by atoms with E-state index < -0.39 is 5.97 Å². The van der Waals surface area contributed by atoms with E-state index >= 15 is 0 Å². The first kappa shape index (κ1) is 14.0. The molecule has 0 radical (unpaired) electrons. The van der Waals surface area contributed by atoms with Gasteiger partial charge >= 0.3 is 5.97 Å². The van der Waals surface area contributed by atoms with Crippen molar-refractivity contribution in [2.45, 2.75) is 27.2 Å². The van der Waals surface area contributed by atoms with Crippen LogP contribution in [0.2, 0.25) is 0 Å². The number of hydrogen-bond acceptors (Lipinski definition) is 4. The lowest BCUT2D eigenvalue weighted by Gasteiger charge is -2.09. The van der Waals surface area contributed by atoms with Crippen LogP contribution in [0.3, 0.4) is 0 Å². The Labute approximate surface area is 117 Å². The molecule has 20 heavy (non-hydrogen) atoms. The second-order valence-corrected chi connectivity index (χ2v) is 4.71. The van der Waals surface area contributed by atoms with Crippen LogP contribution in [0.1, 0.15) is 34.4 Å². The zero-order valence-corrected chi connectivity index (χ0v) is 11.8. The number of anilines is 2. The van der Waals surface area contributed by atoms with Crippen LogP contribution in [0.15, 0.2) is 24.3 Å². The van der Waals surface area contributed by atoms with Gasteiger partial charge in [0, 0.05) is 18.2 Å². The normalized spacial score (nSPS) is 10.3. The van der Waals surface area contributed by atoms with Crippen LogP contribution >= 0.6 is 0 Å². The minimum absolute atomic E-state index is 0.00345. The summed E-state index contributed by atoms with van der Waals surface area (Å²) in [5.41, 5.74) is 3.16. The van der Waals surface area contributed by atoms with Gasteiger partial charge in [-0.1, -0.05) is 13.0 Å². The van der Waals surface area contributed by atoms with E-state index in [1.807, 2.05) is 32.9 Å². The van der Waals surface area contributed by atoms with Crippen LogP contribution in [0, 0.1) is 13.8 Å². The van der Waals surface area contributed by atoms with Gasteiger partial charge in [-0.2, -0.15) is 0 Å². The monoisotopic (exact) mass is 271 g/mol. The molecule has 0 aliphatic carbocycles. The van der Waals surface area contributed by atoms with Crippen molar-refractivity contribution < 1.29 is 9.90 Å². The minimum atomic E-state index is -1.05. The molecule has 0 spiro atoms. The van der Waals surface area contributed by atoms with Crippen molar-refractivity contribution in [2.75, 3.05) is 5.32 Å². The Balaban J connectivity index is 2.37. The Bertz CT molecular complexity index is 633. The molecule has 0 atom stereocenters. The third-order valence-electron chi connectivity index (χ3n) is 2.80. The largest absolute Gasteiger partial charge is 0.477 e. The van der Waals surface area contributed by atoms with Crippen molar-refractivity contribution in [1.29, 1.82) is 0 Å². The van der Waals surface area contributed by atoms with Crippen LogP contribution in [0.5, 0.6) is 0 Å². The molecule has 0 aliphatic heterocycles. The highest BCUT2D eigenvalue weighted by Gasteiger charge is 2.10. The van der Waals surface area contributed by atoms with E-state index in [2.05, 4.69) is 21.4 Å². The fraction of sp³-hybridized carbons (Fsp3) is 0.267. The summed E-state index contributed by atoms with van der Waals surface area (Å²) in [5, 5.41) is 12.2. The summed E-state index contributed by atoms with van der Waals surface area (Å²) >= 11 is 0. The quantitative estimate of drug-likeness (QED) is 0.893. The second-order valence-electron chi connectivity index (χ2n) is 4.71. The van der Waals surface area contributed by atoms with Crippen molar-refractivity contribution in [2.24, 2.45) is 0 Å². The Morgan fingerprint density at radius 1 is 1.15 bits per heavy atom. The third-order valence-corrected chi connectivity index (χ3v) is 2.80. The number of nitrogens with zero attached hydrogens (tertiary/aromatic N) is 2. The highest BCUT2D eigenvalue weighted by Crippen LogP contribution is 2.19. The molecular weight excluding hydrogens is 254 g/mol. The Morgan fingerprint density at radius 2 is 1.80 bits per heavy atom. The van der Waals surface area contributed by atoms with Gasteiger partial charge in [-0.25, -0.2) is 14.8 Å². The summed E-state index contributed by atoms with van der Waals surface area (Å²) in [6, 6.07) is 7.49. The van der Waals surface area contributed by atoms with E-state index in [0.29, 0.717) is 18.1 Å². The van der Waals surface area contributed by atoms with Crippen LogP contribution in [0.4, 0.5) is 11.5 Å². The maximum Gasteiger partial charge on any atom is 0.354 e. The molecule has 2 N–H and O–H groups in total. The van der Waals surface area contributed by atoms with Gasteiger partial charge in [0.25, 0.3) is 0 Å². The van der Waals surface area contributed by atoms with Gasteiger partial charge in [-0.15, -0.1) is 0 Å². The summed E-state index contributed by atoms with van der Waals surface area (Å²) in [5.74, 6) is -0.0402. The van der Waals surface area contributed by atoms with E-state index in [4.69, 9.17) is 5.11 Å². The fourth-order valence-corrected chi connectivity index (χ4v) is 2.02. The molecule has 2 aromatic rings. The van der Waals surface area contributed by atoms with Gasteiger partial charge in [0.1, 0.15) is 11.6 Å². The zero-order chi connectivity index (χ0) is 14.7. The van der Waals surface area contributed by atoms with E-state index in [1.165, 1.54) is 6.07 Å². The molecule has 5 heteroatoms. The molecule has 1 heterocycles. The van der Waals surface area contributed by atoms with Crippen LogP contribution < -0.4 is 5.32 Å². The van der Waals surface area contributed by atoms with Gasteiger partial charge < -0.3 is 10.4 Å². The van der Waals surface area contributed by atoms with Gasteiger partial charge in [-0.05, 0) is 37.1 Å². The lowest BCUT2D eigenvalue weighted by atomic mass is 10.1. The number of aryl methyl sites for hydroxylation is 3. The minimum Gasteiger partial charge on any atom is -0.477 e. The molecule has 0 unspecified atom stereocenters. The highest BCUT2D eigenvalue weighted by molar-refractivity contribution is 5.86. The Hall–Kier alpha value is -2.43. The average molecular weight is 271 g/mol. The summed E-state index contributed by atoms with van der Waals surface area (Å²) in [7, 11) is 0. The van der Waals surface area contributed by atoms with E-state index in [1.54, 1.807) is 0 Å². The SMILES string of the molecule is CCc1nc(Nc2cc(C)cc(C)c2)cc(C(=O)O)n1. The number of aromatic nitrogens is 2. The maximum atomic E-state index is 11.1. The molecule has 104 valence electrons. The van der Waals surface area contributed by atoms with Crippen LogP contribution in [0.25, 0.3) is 0 Å². The molecule has 2 rings (SSSR count). The number of nitrogens with one attached hydrogen (secondary N) is 1. The molecule has 0 fully saturated rings. The topological polar surface area (TPSA) is 75.1 Å². The van der Waals surface area contributed by atoms with Gasteiger partial charge in [0.05, 0.1) is 0 Å². The van der Waals surface area contributed by atoms with E-state index in [9.17, 15) is 4.79 Å². The Kier molecular flexibility index (Phi) is 3.98. The van der Waals surface area contributed by atoms with Crippen molar-refractivity contribution in [3.63, 3.8) is 0 Å². The fourth-order valence-electron chi connectivity index (χ4n) is 2.02. The predicted molar refractivity (Wildman–Crippen MR) is 77.6 cm³/mol. The molecule has 0 saturated heterocycles. The number of hydrogen-bond donors (Lipinski definition) is 2. The lowest BCUT2D eigenvalue weighted by molar-refractivity contribution is 0.0690. The second kappa shape index (κ2) is 5.69. The number of carbonyl (C=O) groups is 1. The predicted octanol–water partition coefficient (Wildman–Crippen LogP) is 3.10. The number of rotatable bonds is 4. The van der Waals surface area contributed by atoms with Crippen molar-refractivity contribution in [3.05, 3.63) is 46.9 Å². The molecule has 0 bridgehead atoms. The zero-order valence-electron chi connectivity index (χ0n) is 11.8. The molecule has 5 nitrogen and oxygen atoms in total. The average Bonchev–Trinajstić information content (AvgIpc) is 2.36. The Morgan fingerprint density at radius 3 is 2.35 bits per heavy atom. The number of aromatic carboxylic acids is 1. The van der Waals surface area contributed by atoms with Crippen LogP contribution in [-0.2, 0) is 6.42 Å². The van der Waals surface area contributed by atoms with Crippen molar-refractivity contribution >= 4 is 17.5 Å². The molecule has 0 saturated carbocycles. The summed E-state index contributed by atoms with van der Waals surface area (Å²) < 4.78 is 0. The number of benzene rings is 1. The molecule has 1 aromatic heterocycles.